The SMILES string of the molecule is BN1C(=O)C=C[C@]12CCN(C(=O)OCc1ccccc1)[C@@H](C)C2. The van der Waals surface area contributed by atoms with E-state index in [-0.39, 0.29) is 30.2 Å². The topological polar surface area (TPSA) is 49.9 Å². The van der Waals surface area contributed by atoms with Gasteiger partial charge in [-0.25, -0.2) is 4.79 Å². The summed E-state index contributed by atoms with van der Waals surface area (Å²) in [6.45, 7) is 2.89. The van der Waals surface area contributed by atoms with Gasteiger partial charge in [-0.15, -0.1) is 0 Å². The van der Waals surface area contributed by atoms with Crippen LogP contribution in [0.3, 0.4) is 0 Å². The number of nitrogens with zero attached hydrogens (tertiary/aromatic N) is 2. The van der Waals surface area contributed by atoms with E-state index >= 15 is 0 Å². The standard InChI is InChI=1S/C17H21BN2O3/c1-13-11-17(8-7-15(21)20(17)18)9-10-19(13)16(22)23-12-14-5-3-2-4-6-14/h2-8,13H,9-12,18H2,1H3/t13-,17+/m0/s1. The summed E-state index contributed by atoms with van der Waals surface area (Å²) in [5, 5.41) is 0. The maximum Gasteiger partial charge on any atom is 0.410 e. The number of benzene rings is 1. The molecule has 0 unspecified atom stereocenters. The highest BCUT2D eigenvalue weighted by molar-refractivity contribution is 6.18. The third kappa shape index (κ3) is 2.98. The number of hydrogen-bond donors (Lipinski definition) is 0. The van der Waals surface area contributed by atoms with Gasteiger partial charge in [-0.3, -0.25) is 4.79 Å². The highest BCUT2D eigenvalue weighted by atomic mass is 16.6. The van der Waals surface area contributed by atoms with Crippen molar-refractivity contribution in [3.05, 3.63) is 48.0 Å². The minimum Gasteiger partial charge on any atom is -0.445 e. The van der Waals surface area contributed by atoms with Gasteiger partial charge in [-0.1, -0.05) is 36.4 Å². The van der Waals surface area contributed by atoms with Gasteiger partial charge in [0.25, 0.3) is 0 Å². The number of likely N-dealkylation sites (tertiary alicyclic amines) is 1. The fraction of sp³-hybridized carbons (Fsp3) is 0.412. The third-order valence-corrected chi connectivity index (χ3v) is 4.94. The Labute approximate surface area is 137 Å². The number of rotatable bonds is 2. The zero-order valence-corrected chi connectivity index (χ0v) is 13.6. The second-order valence-corrected chi connectivity index (χ2v) is 6.37. The van der Waals surface area contributed by atoms with E-state index in [0.717, 1.165) is 18.4 Å². The monoisotopic (exact) mass is 312 g/mol. The fourth-order valence-corrected chi connectivity index (χ4v) is 3.46. The number of ether oxygens (including phenoxy) is 1. The summed E-state index contributed by atoms with van der Waals surface area (Å²) in [6.07, 6.45) is 4.82. The van der Waals surface area contributed by atoms with Crippen molar-refractivity contribution in [2.75, 3.05) is 6.54 Å². The molecular formula is C17H21BN2O3. The molecule has 0 saturated carbocycles. The molecule has 0 aromatic heterocycles. The molecule has 1 spiro atoms. The minimum atomic E-state index is -0.285. The van der Waals surface area contributed by atoms with Gasteiger partial charge in [0, 0.05) is 18.7 Å². The number of amides is 2. The van der Waals surface area contributed by atoms with E-state index in [4.69, 9.17) is 4.74 Å². The van der Waals surface area contributed by atoms with E-state index in [2.05, 4.69) is 0 Å². The van der Waals surface area contributed by atoms with Crippen LogP contribution < -0.4 is 0 Å². The summed E-state index contributed by atoms with van der Waals surface area (Å²) in [6, 6.07) is 9.69. The lowest BCUT2D eigenvalue weighted by atomic mass is 9.82. The van der Waals surface area contributed by atoms with Crippen LogP contribution in [0, 0.1) is 0 Å². The fourth-order valence-electron chi connectivity index (χ4n) is 3.46. The minimum absolute atomic E-state index is 0.0324. The van der Waals surface area contributed by atoms with Crippen LogP contribution in [-0.2, 0) is 16.1 Å². The number of hydrogen-bond acceptors (Lipinski definition) is 3. The summed E-state index contributed by atoms with van der Waals surface area (Å²) in [7, 11) is 1.83. The summed E-state index contributed by atoms with van der Waals surface area (Å²) in [5.41, 5.74) is 0.734. The molecule has 5 nitrogen and oxygen atoms in total. The van der Waals surface area contributed by atoms with E-state index in [1.165, 1.54) is 0 Å². The molecule has 23 heavy (non-hydrogen) atoms. The Kier molecular flexibility index (Phi) is 4.15. The van der Waals surface area contributed by atoms with Crippen LogP contribution >= 0.6 is 0 Å². The van der Waals surface area contributed by atoms with Gasteiger partial charge in [-0.2, -0.15) is 0 Å². The van der Waals surface area contributed by atoms with E-state index in [1.807, 2.05) is 51.3 Å². The van der Waals surface area contributed by atoms with Crippen molar-refractivity contribution < 1.29 is 14.3 Å². The zero-order valence-electron chi connectivity index (χ0n) is 13.6. The summed E-state index contributed by atoms with van der Waals surface area (Å²) >= 11 is 0. The van der Waals surface area contributed by atoms with Crippen molar-refractivity contribution in [2.24, 2.45) is 0 Å². The lowest BCUT2D eigenvalue weighted by molar-refractivity contribution is -0.124. The van der Waals surface area contributed by atoms with E-state index in [1.54, 1.807) is 15.8 Å². The maximum absolute atomic E-state index is 12.3. The van der Waals surface area contributed by atoms with Gasteiger partial charge in [0.15, 0.2) is 0 Å². The number of carbonyl (C=O) groups is 2. The van der Waals surface area contributed by atoms with Crippen LogP contribution in [0.2, 0.25) is 0 Å². The summed E-state index contributed by atoms with van der Waals surface area (Å²) in [5.74, 6) is 0.0392. The largest absolute Gasteiger partial charge is 0.445 e. The van der Waals surface area contributed by atoms with Crippen LogP contribution in [0.4, 0.5) is 4.79 Å². The van der Waals surface area contributed by atoms with Crippen molar-refractivity contribution in [1.29, 1.82) is 0 Å². The Morgan fingerprint density at radius 1 is 1.39 bits per heavy atom. The average molecular weight is 312 g/mol. The first kappa shape index (κ1) is 15.7. The molecular weight excluding hydrogens is 291 g/mol. The van der Waals surface area contributed by atoms with Crippen LogP contribution in [0.5, 0.6) is 0 Å². The molecule has 1 fully saturated rings. The summed E-state index contributed by atoms with van der Waals surface area (Å²) in [4.78, 5) is 27.6. The Morgan fingerprint density at radius 3 is 2.74 bits per heavy atom. The zero-order chi connectivity index (χ0) is 16.4. The van der Waals surface area contributed by atoms with Gasteiger partial charge in [0.05, 0.1) is 5.54 Å². The smallest absolute Gasteiger partial charge is 0.410 e. The first-order valence-corrected chi connectivity index (χ1v) is 7.96. The summed E-state index contributed by atoms with van der Waals surface area (Å²) < 4.78 is 5.43. The van der Waals surface area contributed by atoms with Crippen LogP contribution in [-0.4, -0.2) is 47.8 Å². The van der Waals surface area contributed by atoms with E-state index in [0.29, 0.717) is 6.54 Å². The number of piperidine rings is 1. The van der Waals surface area contributed by atoms with Crippen molar-refractivity contribution >= 4 is 20.0 Å². The molecule has 1 saturated heterocycles. The molecule has 120 valence electrons. The van der Waals surface area contributed by atoms with E-state index < -0.39 is 0 Å². The van der Waals surface area contributed by atoms with Crippen molar-refractivity contribution in [2.45, 2.75) is 38.0 Å². The third-order valence-electron chi connectivity index (χ3n) is 4.94. The molecule has 1 aromatic rings. The molecule has 3 rings (SSSR count). The average Bonchev–Trinajstić information content (AvgIpc) is 2.82. The van der Waals surface area contributed by atoms with Gasteiger partial charge in [0.2, 0.25) is 13.9 Å². The molecule has 6 heteroatoms. The second-order valence-electron chi connectivity index (χ2n) is 6.37. The Bertz CT molecular complexity index is 634. The van der Waals surface area contributed by atoms with Gasteiger partial charge in [-0.05, 0) is 25.3 Å². The molecule has 1 aromatic carbocycles. The normalized spacial score (nSPS) is 26.8. The lowest BCUT2D eigenvalue weighted by Crippen LogP contribution is -2.56. The maximum atomic E-state index is 12.3. The van der Waals surface area contributed by atoms with Crippen LogP contribution in [0.1, 0.15) is 25.3 Å². The first-order valence-electron chi connectivity index (χ1n) is 7.96. The van der Waals surface area contributed by atoms with Crippen LogP contribution in [0.15, 0.2) is 42.5 Å². The van der Waals surface area contributed by atoms with Crippen molar-refractivity contribution in [1.82, 2.24) is 9.71 Å². The quantitative estimate of drug-likeness (QED) is 0.778. The highest BCUT2D eigenvalue weighted by Gasteiger charge is 2.44. The molecule has 0 aliphatic carbocycles. The first-order chi connectivity index (χ1) is 11.0. The molecule has 2 atom stereocenters. The Hall–Kier alpha value is -2.24. The molecule has 2 aliphatic heterocycles. The van der Waals surface area contributed by atoms with Gasteiger partial charge >= 0.3 is 6.09 Å². The molecule has 2 aliphatic rings. The molecule has 0 N–H and O–H groups in total. The molecule has 0 radical (unpaired) electrons. The Balaban J connectivity index is 1.59. The van der Waals surface area contributed by atoms with Gasteiger partial charge < -0.3 is 14.4 Å². The van der Waals surface area contributed by atoms with Gasteiger partial charge in [0.1, 0.15) is 6.61 Å². The molecule has 0 bridgehead atoms. The molecule has 2 amide bonds. The predicted octanol–water partition coefficient (Wildman–Crippen LogP) is 1.49. The van der Waals surface area contributed by atoms with Crippen molar-refractivity contribution in [3.63, 3.8) is 0 Å². The predicted molar refractivity (Wildman–Crippen MR) is 89.3 cm³/mol. The second kappa shape index (κ2) is 6.10. The number of carbonyl (C=O) groups excluding carboxylic acids is 2. The van der Waals surface area contributed by atoms with Crippen molar-refractivity contribution in [3.8, 4) is 0 Å². The highest BCUT2D eigenvalue weighted by Crippen LogP contribution is 2.36. The Morgan fingerprint density at radius 2 is 2.13 bits per heavy atom. The lowest BCUT2D eigenvalue weighted by Gasteiger charge is -2.46. The van der Waals surface area contributed by atoms with Crippen LogP contribution in [0.25, 0.3) is 0 Å². The van der Waals surface area contributed by atoms with E-state index in [9.17, 15) is 9.59 Å². The molecule has 2 heterocycles.